The van der Waals surface area contributed by atoms with E-state index in [2.05, 4.69) is 4.98 Å². The summed E-state index contributed by atoms with van der Waals surface area (Å²) in [5.41, 5.74) is 7.57. The van der Waals surface area contributed by atoms with Crippen molar-refractivity contribution in [2.45, 2.75) is 45.8 Å². The van der Waals surface area contributed by atoms with Crippen LogP contribution in [0.15, 0.2) is 12.3 Å². The minimum atomic E-state index is -0.441. The highest BCUT2D eigenvalue weighted by Gasteiger charge is 2.52. The molecule has 0 atom stereocenters. The van der Waals surface area contributed by atoms with Crippen LogP contribution >= 0.6 is 0 Å². The molecule has 1 fully saturated rings. The van der Waals surface area contributed by atoms with Crippen LogP contribution in [0.5, 0.6) is 0 Å². The second kappa shape index (κ2) is 3.72. The molecule has 0 amide bonds. The Kier molecular flexibility index (Phi) is 2.71. The average molecular weight is 234 g/mol. The van der Waals surface area contributed by atoms with Gasteiger partial charge in [-0.25, -0.2) is 0 Å². The molecule has 0 bridgehead atoms. The highest BCUT2D eigenvalue weighted by atomic mass is 16.7. The summed E-state index contributed by atoms with van der Waals surface area (Å²) in [5.74, 6) is 0. The predicted octanol–water partition coefficient (Wildman–Crippen LogP) is 1.27. The SMILES string of the molecule is Cc1c(N)ccnc1B1OC(C)(C)C(C)(C)O1. The van der Waals surface area contributed by atoms with Crippen LogP contribution in [0.25, 0.3) is 0 Å². The van der Waals surface area contributed by atoms with Crippen molar-refractivity contribution in [1.82, 2.24) is 4.98 Å². The van der Waals surface area contributed by atoms with Crippen molar-refractivity contribution in [1.29, 1.82) is 0 Å². The van der Waals surface area contributed by atoms with Crippen LogP contribution < -0.4 is 11.3 Å². The molecule has 2 rings (SSSR count). The zero-order chi connectivity index (χ0) is 12.8. The molecule has 17 heavy (non-hydrogen) atoms. The smallest absolute Gasteiger partial charge is 0.398 e. The highest BCUT2D eigenvalue weighted by Crippen LogP contribution is 2.36. The Labute approximate surface area is 103 Å². The number of rotatable bonds is 1. The van der Waals surface area contributed by atoms with Gasteiger partial charge in [-0.2, -0.15) is 0 Å². The lowest BCUT2D eigenvalue weighted by Crippen LogP contribution is -2.41. The number of nitrogens with two attached hydrogens (primary N) is 1. The Hall–Kier alpha value is -1.07. The first kappa shape index (κ1) is 12.4. The Balaban J connectivity index is 2.36. The Bertz CT molecular complexity index is 430. The molecule has 0 saturated carbocycles. The van der Waals surface area contributed by atoms with Crippen LogP contribution in [-0.2, 0) is 9.31 Å². The minimum Gasteiger partial charge on any atom is -0.398 e. The number of nitrogen functional groups attached to an aromatic ring is 1. The normalized spacial score (nSPS) is 21.8. The molecular formula is C12H19BN2O2. The molecule has 2 N–H and O–H groups in total. The van der Waals surface area contributed by atoms with Gasteiger partial charge in [0.25, 0.3) is 0 Å². The van der Waals surface area contributed by atoms with E-state index in [1.807, 2.05) is 34.6 Å². The highest BCUT2D eigenvalue weighted by molar-refractivity contribution is 6.61. The summed E-state index contributed by atoms with van der Waals surface area (Å²) in [6.07, 6.45) is 1.68. The number of hydrogen-bond donors (Lipinski definition) is 1. The van der Waals surface area contributed by atoms with E-state index in [-0.39, 0.29) is 11.2 Å². The Morgan fingerprint density at radius 3 is 2.24 bits per heavy atom. The van der Waals surface area contributed by atoms with Crippen LogP contribution in [-0.4, -0.2) is 23.3 Å². The minimum absolute atomic E-state index is 0.351. The van der Waals surface area contributed by atoms with Gasteiger partial charge in [-0.3, -0.25) is 4.98 Å². The molecule has 0 unspecified atom stereocenters. The van der Waals surface area contributed by atoms with Crippen molar-refractivity contribution in [3.63, 3.8) is 0 Å². The van der Waals surface area contributed by atoms with E-state index in [1.165, 1.54) is 0 Å². The zero-order valence-electron chi connectivity index (χ0n) is 11.1. The van der Waals surface area contributed by atoms with E-state index in [1.54, 1.807) is 12.3 Å². The fraction of sp³-hybridized carbons (Fsp3) is 0.583. The summed E-state index contributed by atoms with van der Waals surface area (Å²) in [6, 6.07) is 1.78. The summed E-state index contributed by atoms with van der Waals surface area (Å²) in [5, 5.41) is 0. The molecule has 4 nitrogen and oxygen atoms in total. The van der Waals surface area contributed by atoms with Gasteiger partial charge in [0.05, 0.1) is 16.8 Å². The molecule has 0 aliphatic carbocycles. The van der Waals surface area contributed by atoms with E-state index in [0.29, 0.717) is 5.69 Å². The first-order valence-electron chi connectivity index (χ1n) is 5.81. The maximum Gasteiger partial charge on any atom is 0.514 e. The first-order chi connectivity index (χ1) is 7.74. The number of pyridine rings is 1. The lowest BCUT2D eigenvalue weighted by atomic mass is 9.81. The van der Waals surface area contributed by atoms with Gasteiger partial charge in [0, 0.05) is 11.9 Å². The third kappa shape index (κ3) is 1.94. The second-order valence-corrected chi connectivity index (χ2v) is 5.50. The van der Waals surface area contributed by atoms with E-state index in [9.17, 15) is 0 Å². The second-order valence-electron chi connectivity index (χ2n) is 5.50. The number of aromatic nitrogens is 1. The van der Waals surface area contributed by atoms with Gasteiger partial charge in [-0.1, -0.05) is 0 Å². The van der Waals surface area contributed by atoms with Gasteiger partial charge in [0.15, 0.2) is 0 Å². The van der Waals surface area contributed by atoms with Gasteiger partial charge in [0.2, 0.25) is 0 Å². The van der Waals surface area contributed by atoms with Crippen molar-refractivity contribution in [3.8, 4) is 0 Å². The van der Waals surface area contributed by atoms with Crippen LogP contribution in [0.2, 0.25) is 0 Å². The Morgan fingerprint density at radius 2 is 1.71 bits per heavy atom. The van der Waals surface area contributed by atoms with Crippen LogP contribution in [0, 0.1) is 6.92 Å². The molecule has 1 saturated heterocycles. The van der Waals surface area contributed by atoms with E-state index in [0.717, 1.165) is 11.2 Å². The van der Waals surface area contributed by atoms with Gasteiger partial charge in [-0.05, 0) is 46.2 Å². The molecular weight excluding hydrogens is 215 g/mol. The number of nitrogens with zero attached hydrogens (tertiary/aromatic N) is 1. The molecule has 1 aliphatic rings. The van der Waals surface area contributed by atoms with Gasteiger partial charge < -0.3 is 15.0 Å². The molecule has 5 heteroatoms. The summed E-state index contributed by atoms with van der Waals surface area (Å²) >= 11 is 0. The monoisotopic (exact) mass is 234 g/mol. The average Bonchev–Trinajstić information content (AvgIpc) is 2.40. The van der Waals surface area contributed by atoms with Crippen LogP contribution in [0.4, 0.5) is 5.69 Å². The fourth-order valence-corrected chi connectivity index (χ4v) is 1.76. The topological polar surface area (TPSA) is 57.4 Å². The standard InChI is InChI=1S/C12H19BN2O2/c1-8-9(14)6-7-15-10(8)13-16-11(2,3)12(4,5)17-13/h6-7H,1-5H3,(H2,14,15). The largest absolute Gasteiger partial charge is 0.514 e. The summed E-state index contributed by atoms with van der Waals surface area (Å²) in [4.78, 5) is 4.32. The molecule has 1 aromatic rings. The lowest BCUT2D eigenvalue weighted by molar-refractivity contribution is 0.00578. The van der Waals surface area contributed by atoms with E-state index in [4.69, 9.17) is 15.0 Å². The van der Waals surface area contributed by atoms with Crippen LogP contribution in [0.1, 0.15) is 33.3 Å². The number of hydrogen-bond acceptors (Lipinski definition) is 4. The zero-order valence-corrected chi connectivity index (χ0v) is 11.1. The molecule has 2 heterocycles. The quantitative estimate of drug-likeness (QED) is 0.743. The Morgan fingerprint density at radius 1 is 1.18 bits per heavy atom. The predicted molar refractivity (Wildman–Crippen MR) is 69.1 cm³/mol. The third-order valence-corrected chi connectivity index (χ3v) is 3.76. The molecule has 1 aliphatic heterocycles. The van der Waals surface area contributed by atoms with Gasteiger partial charge in [-0.15, -0.1) is 0 Å². The lowest BCUT2D eigenvalue weighted by Gasteiger charge is -2.32. The summed E-state index contributed by atoms with van der Waals surface area (Å²) < 4.78 is 11.9. The number of anilines is 1. The maximum absolute atomic E-state index is 5.95. The third-order valence-electron chi connectivity index (χ3n) is 3.76. The molecule has 0 aromatic carbocycles. The first-order valence-corrected chi connectivity index (χ1v) is 5.81. The summed E-state index contributed by atoms with van der Waals surface area (Å²) in [6.45, 7) is 10.0. The van der Waals surface area contributed by atoms with Crippen molar-refractivity contribution < 1.29 is 9.31 Å². The summed E-state index contributed by atoms with van der Waals surface area (Å²) in [7, 11) is -0.441. The fourth-order valence-electron chi connectivity index (χ4n) is 1.76. The van der Waals surface area contributed by atoms with Crippen molar-refractivity contribution in [2.75, 3.05) is 5.73 Å². The van der Waals surface area contributed by atoms with Gasteiger partial charge in [0.1, 0.15) is 0 Å². The van der Waals surface area contributed by atoms with Crippen molar-refractivity contribution in [3.05, 3.63) is 17.8 Å². The molecule has 0 spiro atoms. The molecule has 92 valence electrons. The van der Waals surface area contributed by atoms with Crippen molar-refractivity contribution in [2.24, 2.45) is 0 Å². The van der Waals surface area contributed by atoms with Gasteiger partial charge >= 0.3 is 7.12 Å². The van der Waals surface area contributed by atoms with E-state index < -0.39 is 7.12 Å². The molecule has 0 radical (unpaired) electrons. The van der Waals surface area contributed by atoms with Crippen molar-refractivity contribution >= 4 is 18.4 Å². The van der Waals surface area contributed by atoms with Crippen LogP contribution in [0.3, 0.4) is 0 Å². The van der Waals surface area contributed by atoms with E-state index >= 15 is 0 Å². The maximum atomic E-state index is 5.95. The molecule has 1 aromatic heterocycles.